The fourth-order valence-electron chi connectivity index (χ4n) is 2.47. The molecule has 124 valence electrons. The van der Waals surface area contributed by atoms with Gasteiger partial charge in [0.05, 0.1) is 0 Å². The van der Waals surface area contributed by atoms with E-state index in [9.17, 15) is 4.79 Å². The number of aryl methyl sites for hydroxylation is 1. The Labute approximate surface area is 141 Å². The van der Waals surface area contributed by atoms with Crippen LogP contribution in [0.15, 0.2) is 48.5 Å². The lowest BCUT2D eigenvalue weighted by Gasteiger charge is -2.18. The summed E-state index contributed by atoms with van der Waals surface area (Å²) in [5.41, 5.74) is 4.45. The lowest BCUT2D eigenvalue weighted by molar-refractivity contribution is 0.0773. The molecule has 0 unspecified atom stereocenters. The van der Waals surface area contributed by atoms with Crippen molar-refractivity contribution in [2.45, 2.75) is 41.0 Å². The van der Waals surface area contributed by atoms with Gasteiger partial charge in [-0.1, -0.05) is 57.2 Å². The molecule has 0 radical (unpaired) electrons. The third-order valence-electron chi connectivity index (χ3n) is 3.85. The average molecular weight is 311 g/mol. The van der Waals surface area contributed by atoms with Crippen molar-refractivity contribution < 1.29 is 4.79 Å². The SMILES string of the molecule is CC.CCc1cccc(-c2ccc(C(=O)N(CC)CC)cc2)c1. The molecule has 0 aliphatic carbocycles. The van der Waals surface area contributed by atoms with Gasteiger partial charge in [0.15, 0.2) is 0 Å². The molecule has 2 aromatic carbocycles. The first-order valence-electron chi connectivity index (χ1n) is 8.68. The summed E-state index contributed by atoms with van der Waals surface area (Å²) in [6, 6.07) is 16.5. The number of rotatable bonds is 5. The van der Waals surface area contributed by atoms with Gasteiger partial charge in [-0.2, -0.15) is 0 Å². The van der Waals surface area contributed by atoms with Gasteiger partial charge in [0.25, 0.3) is 5.91 Å². The molecule has 0 aromatic heterocycles. The van der Waals surface area contributed by atoms with Gasteiger partial charge >= 0.3 is 0 Å². The zero-order chi connectivity index (χ0) is 17.2. The van der Waals surface area contributed by atoms with E-state index in [0.717, 1.165) is 30.6 Å². The van der Waals surface area contributed by atoms with Crippen LogP contribution in [0.1, 0.15) is 50.5 Å². The van der Waals surface area contributed by atoms with Crippen LogP contribution < -0.4 is 0 Å². The monoisotopic (exact) mass is 311 g/mol. The Morgan fingerprint density at radius 2 is 1.48 bits per heavy atom. The molecule has 0 aliphatic rings. The van der Waals surface area contributed by atoms with E-state index in [-0.39, 0.29) is 5.91 Å². The van der Waals surface area contributed by atoms with Gasteiger partial charge in [0, 0.05) is 18.7 Å². The molecule has 0 fully saturated rings. The van der Waals surface area contributed by atoms with E-state index < -0.39 is 0 Å². The first-order chi connectivity index (χ1) is 11.2. The second kappa shape index (κ2) is 9.83. The number of carbonyl (C=O) groups is 1. The van der Waals surface area contributed by atoms with E-state index in [4.69, 9.17) is 0 Å². The molecule has 2 nitrogen and oxygen atoms in total. The first kappa shape index (κ1) is 19.0. The van der Waals surface area contributed by atoms with Crippen LogP contribution in [0.25, 0.3) is 11.1 Å². The first-order valence-corrected chi connectivity index (χ1v) is 8.68. The summed E-state index contributed by atoms with van der Waals surface area (Å²) in [5.74, 6) is 0.105. The minimum absolute atomic E-state index is 0.105. The Kier molecular flexibility index (Phi) is 8.10. The molecular weight excluding hydrogens is 282 g/mol. The van der Waals surface area contributed by atoms with Crippen LogP contribution in [-0.2, 0) is 6.42 Å². The zero-order valence-electron chi connectivity index (χ0n) is 15.1. The van der Waals surface area contributed by atoms with Gasteiger partial charge in [-0.25, -0.2) is 0 Å². The quantitative estimate of drug-likeness (QED) is 0.721. The van der Waals surface area contributed by atoms with Crippen LogP contribution in [0.4, 0.5) is 0 Å². The summed E-state index contributed by atoms with van der Waals surface area (Å²) in [6.07, 6.45) is 1.03. The molecule has 0 bridgehead atoms. The van der Waals surface area contributed by atoms with Crippen molar-refractivity contribution in [1.82, 2.24) is 4.90 Å². The summed E-state index contributed by atoms with van der Waals surface area (Å²) >= 11 is 0. The summed E-state index contributed by atoms with van der Waals surface area (Å²) in [6.45, 7) is 11.7. The molecule has 0 atom stereocenters. The van der Waals surface area contributed by atoms with Gasteiger partial charge in [-0.15, -0.1) is 0 Å². The fraction of sp³-hybridized carbons (Fsp3) is 0.381. The average Bonchev–Trinajstić information content (AvgIpc) is 2.64. The smallest absolute Gasteiger partial charge is 0.253 e. The Morgan fingerprint density at radius 3 is 2.00 bits per heavy atom. The Hall–Kier alpha value is -2.09. The van der Waals surface area contributed by atoms with Crippen LogP contribution in [0.3, 0.4) is 0 Å². The van der Waals surface area contributed by atoms with Gasteiger partial charge in [-0.3, -0.25) is 4.79 Å². The lowest BCUT2D eigenvalue weighted by atomic mass is 10.0. The number of hydrogen-bond donors (Lipinski definition) is 0. The largest absolute Gasteiger partial charge is 0.339 e. The van der Waals surface area contributed by atoms with Crippen molar-refractivity contribution in [3.05, 3.63) is 59.7 Å². The molecule has 0 aliphatic heterocycles. The van der Waals surface area contributed by atoms with E-state index in [1.807, 2.05) is 56.9 Å². The molecule has 2 heteroatoms. The molecule has 23 heavy (non-hydrogen) atoms. The minimum Gasteiger partial charge on any atom is -0.339 e. The van der Waals surface area contributed by atoms with Crippen molar-refractivity contribution in [2.75, 3.05) is 13.1 Å². The maximum atomic E-state index is 12.3. The van der Waals surface area contributed by atoms with E-state index in [1.165, 1.54) is 11.1 Å². The number of benzene rings is 2. The van der Waals surface area contributed by atoms with E-state index in [0.29, 0.717) is 0 Å². The highest BCUT2D eigenvalue weighted by Gasteiger charge is 2.12. The van der Waals surface area contributed by atoms with E-state index in [1.54, 1.807) is 0 Å². The Morgan fingerprint density at radius 1 is 0.870 bits per heavy atom. The van der Waals surface area contributed by atoms with Crippen LogP contribution >= 0.6 is 0 Å². The molecule has 2 rings (SSSR count). The Balaban J connectivity index is 0.00000127. The normalized spacial score (nSPS) is 9.78. The van der Waals surface area contributed by atoms with E-state index in [2.05, 4.69) is 31.2 Å². The topological polar surface area (TPSA) is 20.3 Å². The fourth-order valence-corrected chi connectivity index (χ4v) is 2.47. The predicted octanol–water partition coefficient (Wildman–Crippen LogP) is 5.42. The molecule has 2 aromatic rings. The molecule has 1 amide bonds. The third-order valence-corrected chi connectivity index (χ3v) is 3.85. The molecule has 0 saturated carbocycles. The number of hydrogen-bond acceptors (Lipinski definition) is 1. The van der Waals surface area contributed by atoms with Gasteiger partial charge in [0.1, 0.15) is 0 Å². The highest BCUT2D eigenvalue weighted by atomic mass is 16.2. The highest BCUT2D eigenvalue weighted by molar-refractivity contribution is 5.94. The second-order valence-corrected chi connectivity index (χ2v) is 5.11. The number of amides is 1. The lowest BCUT2D eigenvalue weighted by Crippen LogP contribution is -2.30. The van der Waals surface area contributed by atoms with Crippen molar-refractivity contribution in [2.24, 2.45) is 0 Å². The molecule has 0 saturated heterocycles. The van der Waals surface area contributed by atoms with Crippen molar-refractivity contribution in [3.8, 4) is 11.1 Å². The molecular formula is C21H29NO. The Bertz CT molecular complexity index is 597. The van der Waals surface area contributed by atoms with Crippen LogP contribution in [0.2, 0.25) is 0 Å². The second-order valence-electron chi connectivity index (χ2n) is 5.11. The van der Waals surface area contributed by atoms with Crippen molar-refractivity contribution >= 4 is 5.91 Å². The minimum atomic E-state index is 0.105. The van der Waals surface area contributed by atoms with Crippen molar-refractivity contribution in [3.63, 3.8) is 0 Å². The predicted molar refractivity (Wildman–Crippen MR) is 99.9 cm³/mol. The standard InChI is InChI=1S/C19H23NO.C2H6/c1-4-15-8-7-9-18(14-15)16-10-12-17(13-11-16)19(21)20(5-2)6-3;1-2/h7-14H,4-6H2,1-3H3;1-2H3. The van der Waals surface area contributed by atoms with Gasteiger partial charge in [-0.05, 0) is 49.1 Å². The van der Waals surface area contributed by atoms with Crippen LogP contribution in [0.5, 0.6) is 0 Å². The molecule has 0 spiro atoms. The summed E-state index contributed by atoms with van der Waals surface area (Å²) in [5, 5.41) is 0. The molecule has 0 N–H and O–H groups in total. The third kappa shape index (κ3) is 4.95. The maximum absolute atomic E-state index is 12.3. The molecule has 0 heterocycles. The number of nitrogens with zero attached hydrogens (tertiary/aromatic N) is 1. The highest BCUT2D eigenvalue weighted by Crippen LogP contribution is 2.21. The van der Waals surface area contributed by atoms with Crippen molar-refractivity contribution in [1.29, 1.82) is 0 Å². The summed E-state index contributed by atoms with van der Waals surface area (Å²) in [4.78, 5) is 14.1. The van der Waals surface area contributed by atoms with Crippen LogP contribution in [-0.4, -0.2) is 23.9 Å². The maximum Gasteiger partial charge on any atom is 0.253 e. The summed E-state index contributed by atoms with van der Waals surface area (Å²) < 4.78 is 0. The zero-order valence-corrected chi connectivity index (χ0v) is 15.1. The number of carbonyl (C=O) groups excluding carboxylic acids is 1. The van der Waals surface area contributed by atoms with Gasteiger partial charge < -0.3 is 4.90 Å². The van der Waals surface area contributed by atoms with E-state index >= 15 is 0 Å². The summed E-state index contributed by atoms with van der Waals surface area (Å²) in [7, 11) is 0. The van der Waals surface area contributed by atoms with Gasteiger partial charge in [0.2, 0.25) is 0 Å². The van der Waals surface area contributed by atoms with Crippen LogP contribution in [0, 0.1) is 0 Å².